The van der Waals surface area contributed by atoms with Gasteiger partial charge in [-0.3, -0.25) is 4.79 Å². The zero-order chi connectivity index (χ0) is 9.80. The van der Waals surface area contributed by atoms with Crippen LogP contribution in [0.4, 0.5) is 0 Å². The third-order valence-corrected chi connectivity index (χ3v) is 4.05. The van der Waals surface area contributed by atoms with E-state index in [9.17, 15) is 4.79 Å². The summed E-state index contributed by atoms with van der Waals surface area (Å²) in [6.07, 6.45) is 9.13. The molecule has 0 radical (unpaired) electrons. The summed E-state index contributed by atoms with van der Waals surface area (Å²) in [5.74, 6) is 0.877. The maximum atomic E-state index is 10.5. The maximum absolute atomic E-state index is 10.5. The summed E-state index contributed by atoms with van der Waals surface area (Å²) in [5.41, 5.74) is 0. The Morgan fingerprint density at radius 2 is 2.07 bits per heavy atom. The van der Waals surface area contributed by atoms with E-state index in [-0.39, 0.29) is 0 Å². The summed E-state index contributed by atoms with van der Waals surface area (Å²) in [4.78, 5) is 12.8. The van der Waals surface area contributed by atoms with E-state index in [1.54, 1.807) is 11.3 Å². The van der Waals surface area contributed by atoms with Gasteiger partial charge in [-0.25, -0.2) is 0 Å². The molecule has 0 atom stereocenters. The molecule has 0 amide bonds. The molecule has 0 aliphatic heterocycles. The minimum atomic E-state index is 0.871. The lowest BCUT2D eigenvalue weighted by atomic mass is 9.87. The first-order valence-electron chi connectivity index (χ1n) is 5.42. The fourth-order valence-corrected chi connectivity index (χ4v) is 3.19. The summed E-state index contributed by atoms with van der Waals surface area (Å²) in [6.45, 7) is 0. The Bertz CT molecular complexity index is 297. The van der Waals surface area contributed by atoms with Crippen LogP contribution in [-0.4, -0.2) is 6.29 Å². The van der Waals surface area contributed by atoms with Crippen molar-refractivity contribution in [2.24, 2.45) is 5.92 Å². The summed E-state index contributed by atoms with van der Waals surface area (Å²) in [6, 6.07) is 4.05. The molecule has 2 rings (SSSR count). The van der Waals surface area contributed by atoms with E-state index >= 15 is 0 Å². The van der Waals surface area contributed by atoms with Crippen molar-refractivity contribution in [2.75, 3.05) is 0 Å². The lowest BCUT2D eigenvalue weighted by Crippen LogP contribution is -2.08. The van der Waals surface area contributed by atoms with E-state index in [1.807, 2.05) is 6.07 Å². The Hall–Kier alpha value is -0.630. The van der Waals surface area contributed by atoms with Crippen molar-refractivity contribution in [3.05, 3.63) is 21.9 Å². The first-order valence-corrected chi connectivity index (χ1v) is 6.24. The maximum Gasteiger partial charge on any atom is 0.160 e. The molecule has 1 aliphatic rings. The van der Waals surface area contributed by atoms with Gasteiger partial charge in [0.25, 0.3) is 0 Å². The van der Waals surface area contributed by atoms with E-state index in [1.165, 1.54) is 43.4 Å². The van der Waals surface area contributed by atoms with Crippen LogP contribution in [0, 0.1) is 5.92 Å². The Balaban J connectivity index is 1.92. The van der Waals surface area contributed by atoms with Crippen molar-refractivity contribution in [3.8, 4) is 0 Å². The van der Waals surface area contributed by atoms with E-state index in [0.29, 0.717) is 0 Å². The lowest BCUT2D eigenvalue weighted by molar-refractivity contribution is 0.112. The van der Waals surface area contributed by atoms with Crippen molar-refractivity contribution >= 4 is 17.6 Å². The molecule has 0 aromatic carbocycles. The van der Waals surface area contributed by atoms with Crippen molar-refractivity contribution in [1.82, 2.24) is 0 Å². The molecular weight excluding hydrogens is 192 g/mol. The van der Waals surface area contributed by atoms with Gasteiger partial charge in [0.2, 0.25) is 0 Å². The van der Waals surface area contributed by atoms with Crippen LogP contribution in [0.3, 0.4) is 0 Å². The molecule has 1 aliphatic carbocycles. The Morgan fingerprint density at radius 3 is 2.71 bits per heavy atom. The van der Waals surface area contributed by atoms with Gasteiger partial charge in [0.05, 0.1) is 4.88 Å². The van der Waals surface area contributed by atoms with Gasteiger partial charge in [0.1, 0.15) is 0 Å². The van der Waals surface area contributed by atoms with Gasteiger partial charge in [-0.2, -0.15) is 0 Å². The van der Waals surface area contributed by atoms with E-state index in [4.69, 9.17) is 0 Å². The second-order valence-electron chi connectivity index (χ2n) is 4.13. The second-order valence-corrected chi connectivity index (χ2v) is 5.33. The van der Waals surface area contributed by atoms with Gasteiger partial charge in [0, 0.05) is 4.88 Å². The monoisotopic (exact) mass is 208 g/mol. The molecule has 0 N–H and O–H groups in total. The molecule has 0 bridgehead atoms. The Kier molecular flexibility index (Phi) is 3.35. The predicted molar refractivity (Wildman–Crippen MR) is 60.0 cm³/mol. The van der Waals surface area contributed by atoms with Gasteiger partial charge in [-0.15, -0.1) is 11.3 Å². The average molecular weight is 208 g/mol. The third kappa shape index (κ3) is 2.44. The molecule has 1 aromatic heterocycles. The quantitative estimate of drug-likeness (QED) is 0.692. The number of thiophene rings is 1. The molecule has 1 heterocycles. The van der Waals surface area contributed by atoms with Crippen molar-refractivity contribution < 1.29 is 4.79 Å². The topological polar surface area (TPSA) is 17.1 Å². The van der Waals surface area contributed by atoms with Gasteiger partial charge in [-0.05, 0) is 24.5 Å². The predicted octanol–water partition coefficient (Wildman–Crippen LogP) is 3.68. The Morgan fingerprint density at radius 1 is 1.29 bits per heavy atom. The molecule has 1 fully saturated rings. The first-order chi connectivity index (χ1) is 6.88. The van der Waals surface area contributed by atoms with E-state index in [2.05, 4.69) is 6.07 Å². The highest BCUT2D eigenvalue weighted by atomic mass is 32.1. The van der Waals surface area contributed by atoms with Crippen LogP contribution >= 0.6 is 11.3 Å². The normalized spacial score (nSPS) is 18.3. The van der Waals surface area contributed by atoms with Gasteiger partial charge in [-0.1, -0.05) is 32.1 Å². The minimum Gasteiger partial charge on any atom is -0.297 e. The molecule has 1 aromatic rings. The molecule has 76 valence electrons. The lowest BCUT2D eigenvalue weighted by Gasteiger charge is -2.20. The molecule has 0 saturated heterocycles. The van der Waals surface area contributed by atoms with Crippen molar-refractivity contribution in [1.29, 1.82) is 0 Å². The molecule has 0 unspecified atom stereocenters. The Labute approximate surface area is 89.1 Å². The second kappa shape index (κ2) is 4.74. The summed E-state index contributed by atoms with van der Waals surface area (Å²) < 4.78 is 0. The van der Waals surface area contributed by atoms with Crippen LogP contribution < -0.4 is 0 Å². The summed E-state index contributed by atoms with van der Waals surface area (Å²) >= 11 is 1.66. The highest BCUT2D eigenvalue weighted by Gasteiger charge is 2.14. The van der Waals surface area contributed by atoms with Crippen LogP contribution in [-0.2, 0) is 6.42 Å². The van der Waals surface area contributed by atoms with Crippen molar-refractivity contribution in [2.45, 2.75) is 38.5 Å². The molecule has 1 nitrogen and oxygen atoms in total. The highest BCUT2D eigenvalue weighted by Crippen LogP contribution is 2.28. The molecule has 2 heteroatoms. The van der Waals surface area contributed by atoms with Crippen LogP contribution in [0.1, 0.15) is 46.7 Å². The number of carbonyl (C=O) groups excluding carboxylic acids is 1. The highest BCUT2D eigenvalue weighted by molar-refractivity contribution is 7.13. The van der Waals surface area contributed by atoms with E-state index < -0.39 is 0 Å². The van der Waals surface area contributed by atoms with Gasteiger partial charge < -0.3 is 0 Å². The van der Waals surface area contributed by atoms with Crippen LogP contribution in [0.2, 0.25) is 0 Å². The molecule has 0 spiro atoms. The number of rotatable bonds is 3. The zero-order valence-electron chi connectivity index (χ0n) is 8.37. The largest absolute Gasteiger partial charge is 0.297 e. The zero-order valence-corrected chi connectivity index (χ0v) is 9.19. The number of hydrogen-bond donors (Lipinski definition) is 0. The third-order valence-electron chi connectivity index (χ3n) is 3.01. The first kappa shape index (κ1) is 9.91. The van der Waals surface area contributed by atoms with Gasteiger partial charge in [0.15, 0.2) is 6.29 Å². The molecule has 14 heavy (non-hydrogen) atoms. The summed E-state index contributed by atoms with van der Waals surface area (Å²) in [7, 11) is 0. The molecular formula is C12H16OS. The van der Waals surface area contributed by atoms with E-state index in [0.717, 1.165) is 17.1 Å². The SMILES string of the molecule is O=Cc1ccc(CC2CCCCC2)s1. The number of aldehydes is 1. The fourth-order valence-electron chi connectivity index (χ4n) is 2.24. The number of hydrogen-bond acceptors (Lipinski definition) is 2. The van der Waals surface area contributed by atoms with Crippen LogP contribution in [0.5, 0.6) is 0 Å². The minimum absolute atomic E-state index is 0.871. The van der Waals surface area contributed by atoms with Crippen molar-refractivity contribution in [3.63, 3.8) is 0 Å². The standard InChI is InChI=1S/C12H16OS/c13-9-12-7-6-11(14-12)8-10-4-2-1-3-5-10/h6-7,9-10H,1-5,8H2. The fraction of sp³-hybridized carbons (Fsp3) is 0.583. The average Bonchev–Trinajstić information content (AvgIpc) is 2.67. The smallest absolute Gasteiger partial charge is 0.160 e. The summed E-state index contributed by atoms with van der Waals surface area (Å²) in [5, 5.41) is 0. The van der Waals surface area contributed by atoms with Crippen LogP contribution in [0.25, 0.3) is 0 Å². The molecule has 1 saturated carbocycles. The van der Waals surface area contributed by atoms with Gasteiger partial charge >= 0.3 is 0 Å². The van der Waals surface area contributed by atoms with Crippen LogP contribution in [0.15, 0.2) is 12.1 Å². The number of carbonyl (C=O) groups is 1.